The molecular weight excluding hydrogens is 284 g/mol. The lowest BCUT2D eigenvalue weighted by molar-refractivity contribution is 0.216. The van der Waals surface area contributed by atoms with Gasteiger partial charge in [0.25, 0.3) is 0 Å². The molecule has 1 aliphatic carbocycles. The number of rotatable bonds is 1. The van der Waals surface area contributed by atoms with Crippen molar-refractivity contribution in [3.63, 3.8) is 0 Å². The van der Waals surface area contributed by atoms with E-state index in [0.717, 1.165) is 23.0 Å². The molecule has 3 aromatic heterocycles. The molecule has 0 radical (unpaired) electrons. The fourth-order valence-corrected chi connectivity index (χ4v) is 4.34. The topological polar surface area (TPSA) is 71.8 Å². The van der Waals surface area contributed by atoms with Crippen LogP contribution in [0.15, 0.2) is 6.20 Å². The molecule has 0 bridgehead atoms. The number of tetrazole rings is 1. The Morgan fingerprint density at radius 3 is 2.95 bits per heavy atom. The highest BCUT2D eigenvalue weighted by Crippen LogP contribution is 2.40. The first-order valence-electron chi connectivity index (χ1n) is 7.26. The summed E-state index contributed by atoms with van der Waals surface area (Å²) < 4.78 is 2.22. The lowest BCUT2D eigenvalue weighted by Gasteiger charge is -2.33. The van der Waals surface area contributed by atoms with Crippen LogP contribution < -0.4 is 0 Å². The number of aromatic amines is 1. The summed E-state index contributed by atoms with van der Waals surface area (Å²) in [6.07, 6.45) is 5.60. The van der Waals surface area contributed by atoms with E-state index in [2.05, 4.69) is 50.8 Å². The van der Waals surface area contributed by atoms with Crippen molar-refractivity contribution in [2.45, 2.75) is 40.0 Å². The van der Waals surface area contributed by atoms with Crippen molar-refractivity contribution in [1.82, 2.24) is 30.0 Å². The number of hydrogen-bond donors (Lipinski definition) is 1. The molecule has 21 heavy (non-hydrogen) atoms. The molecule has 3 aromatic rings. The van der Waals surface area contributed by atoms with Crippen molar-refractivity contribution in [3.8, 4) is 11.5 Å². The van der Waals surface area contributed by atoms with E-state index < -0.39 is 0 Å². The molecule has 6 nitrogen and oxygen atoms in total. The van der Waals surface area contributed by atoms with Gasteiger partial charge in [-0.1, -0.05) is 20.8 Å². The number of fused-ring (bicyclic) bond motifs is 3. The predicted octanol–water partition coefficient (Wildman–Crippen LogP) is 2.73. The average molecular weight is 302 g/mol. The summed E-state index contributed by atoms with van der Waals surface area (Å²) in [6.45, 7) is 7.03. The van der Waals surface area contributed by atoms with Crippen molar-refractivity contribution in [2.24, 2.45) is 11.3 Å². The lowest BCUT2D eigenvalue weighted by Crippen LogP contribution is -2.26. The Balaban J connectivity index is 1.73. The minimum absolute atomic E-state index is 0.375. The van der Waals surface area contributed by atoms with Crippen LogP contribution in [0, 0.1) is 11.3 Å². The molecule has 3 heterocycles. The van der Waals surface area contributed by atoms with Crippen LogP contribution in [-0.2, 0) is 12.8 Å². The van der Waals surface area contributed by atoms with Gasteiger partial charge in [0.15, 0.2) is 10.8 Å². The molecule has 4 rings (SSSR count). The number of nitrogens with one attached hydrogen (secondary N) is 1. The second-order valence-electron chi connectivity index (χ2n) is 6.81. The number of H-pyrrole nitrogens is 1. The first kappa shape index (κ1) is 12.9. The first-order chi connectivity index (χ1) is 10.0. The predicted molar refractivity (Wildman–Crippen MR) is 81.2 cm³/mol. The summed E-state index contributed by atoms with van der Waals surface area (Å²) in [5.41, 5.74) is 2.61. The Morgan fingerprint density at radius 2 is 2.24 bits per heavy atom. The second-order valence-corrected chi connectivity index (χ2v) is 7.87. The van der Waals surface area contributed by atoms with Gasteiger partial charge in [-0.2, -0.15) is 0 Å². The Kier molecular flexibility index (Phi) is 2.69. The van der Waals surface area contributed by atoms with Crippen LogP contribution in [0.1, 0.15) is 37.8 Å². The molecule has 0 spiro atoms. The van der Waals surface area contributed by atoms with E-state index >= 15 is 0 Å². The van der Waals surface area contributed by atoms with E-state index in [4.69, 9.17) is 0 Å². The average Bonchev–Trinajstić information content (AvgIpc) is 3.11. The number of hydrogen-bond acceptors (Lipinski definition) is 5. The molecule has 1 N–H and O–H groups in total. The third-order valence-corrected chi connectivity index (χ3v) is 5.59. The molecule has 0 aliphatic heterocycles. The highest BCUT2D eigenvalue weighted by Gasteiger charge is 2.31. The van der Waals surface area contributed by atoms with Crippen LogP contribution in [0.3, 0.4) is 0 Å². The van der Waals surface area contributed by atoms with E-state index in [1.54, 1.807) is 0 Å². The molecule has 0 aromatic carbocycles. The maximum absolute atomic E-state index is 4.66. The van der Waals surface area contributed by atoms with Gasteiger partial charge in [-0.15, -0.1) is 16.4 Å². The summed E-state index contributed by atoms with van der Waals surface area (Å²) in [5, 5.41) is 13.9. The molecular formula is C14H18N6S. The van der Waals surface area contributed by atoms with Gasteiger partial charge in [-0.05, 0) is 41.0 Å². The molecule has 7 heteroatoms. The van der Waals surface area contributed by atoms with Gasteiger partial charge in [0, 0.05) is 16.8 Å². The molecule has 0 saturated heterocycles. The van der Waals surface area contributed by atoms with Gasteiger partial charge in [-0.25, -0.2) is 10.1 Å². The Labute approximate surface area is 126 Å². The van der Waals surface area contributed by atoms with E-state index in [-0.39, 0.29) is 0 Å². The highest BCUT2D eigenvalue weighted by molar-refractivity contribution is 7.17. The van der Waals surface area contributed by atoms with Crippen molar-refractivity contribution >= 4 is 16.3 Å². The molecule has 0 fully saturated rings. The maximum atomic E-state index is 4.66. The standard InChI is InChI=1S/C14H18N6S/c1-14(2,3)8-4-5-10-11(6-8)21-13-15-9(7-20(10)13)12-16-18-19-17-12/h7-8H,4-6H2,1-3H3,(H,16,17,18,19). The minimum Gasteiger partial charge on any atom is -0.294 e. The number of aromatic nitrogens is 6. The normalized spacial score (nSPS) is 19.1. The van der Waals surface area contributed by atoms with Crippen LogP contribution in [0.5, 0.6) is 0 Å². The molecule has 110 valence electrons. The second kappa shape index (κ2) is 4.37. The quantitative estimate of drug-likeness (QED) is 0.750. The van der Waals surface area contributed by atoms with Crippen LogP contribution in [0.2, 0.25) is 0 Å². The SMILES string of the molecule is CC(C)(C)C1CCc2c(sc3nc(-c4nnn[nH]4)cn23)C1. The molecule has 1 atom stereocenters. The van der Waals surface area contributed by atoms with E-state index in [1.165, 1.54) is 23.4 Å². The van der Waals surface area contributed by atoms with Gasteiger partial charge in [0.1, 0.15) is 5.69 Å². The minimum atomic E-state index is 0.375. The number of aryl methyl sites for hydroxylation is 1. The Morgan fingerprint density at radius 1 is 1.38 bits per heavy atom. The fourth-order valence-electron chi connectivity index (χ4n) is 3.11. The molecule has 1 unspecified atom stereocenters. The van der Waals surface area contributed by atoms with Gasteiger partial charge in [0.05, 0.1) is 0 Å². The van der Waals surface area contributed by atoms with E-state index in [9.17, 15) is 0 Å². The first-order valence-corrected chi connectivity index (χ1v) is 8.08. The zero-order chi connectivity index (χ0) is 14.6. The third kappa shape index (κ3) is 2.07. The molecule has 0 saturated carbocycles. The van der Waals surface area contributed by atoms with Gasteiger partial charge in [-0.3, -0.25) is 4.40 Å². The van der Waals surface area contributed by atoms with Crippen LogP contribution in [0.25, 0.3) is 16.5 Å². The fraction of sp³-hybridized carbons (Fsp3) is 0.571. The summed E-state index contributed by atoms with van der Waals surface area (Å²) >= 11 is 1.81. The van der Waals surface area contributed by atoms with Crippen LogP contribution in [-0.4, -0.2) is 30.0 Å². The van der Waals surface area contributed by atoms with Crippen molar-refractivity contribution in [1.29, 1.82) is 0 Å². The summed E-state index contributed by atoms with van der Waals surface area (Å²) in [5.74, 6) is 1.38. The van der Waals surface area contributed by atoms with Crippen LogP contribution in [0.4, 0.5) is 0 Å². The summed E-state index contributed by atoms with van der Waals surface area (Å²) in [4.78, 5) is 7.19. The number of thiazole rings is 1. The number of imidazole rings is 1. The lowest BCUT2D eigenvalue weighted by atomic mass is 9.73. The van der Waals surface area contributed by atoms with Gasteiger partial charge < -0.3 is 0 Å². The zero-order valence-corrected chi connectivity index (χ0v) is 13.2. The van der Waals surface area contributed by atoms with E-state index in [1.807, 2.05) is 17.5 Å². The third-order valence-electron chi connectivity index (χ3n) is 4.47. The van der Waals surface area contributed by atoms with Crippen molar-refractivity contribution < 1.29 is 0 Å². The largest absolute Gasteiger partial charge is 0.294 e. The smallest absolute Gasteiger partial charge is 0.199 e. The summed E-state index contributed by atoms with van der Waals surface area (Å²) in [6, 6.07) is 0. The van der Waals surface area contributed by atoms with Crippen molar-refractivity contribution in [3.05, 3.63) is 16.8 Å². The Hall–Kier alpha value is -1.76. The monoisotopic (exact) mass is 302 g/mol. The van der Waals surface area contributed by atoms with Gasteiger partial charge >= 0.3 is 0 Å². The number of nitrogens with zero attached hydrogens (tertiary/aromatic N) is 5. The molecule has 0 amide bonds. The van der Waals surface area contributed by atoms with Crippen molar-refractivity contribution in [2.75, 3.05) is 0 Å². The van der Waals surface area contributed by atoms with Gasteiger partial charge in [0.2, 0.25) is 0 Å². The molecule has 1 aliphatic rings. The van der Waals surface area contributed by atoms with Crippen LogP contribution >= 0.6 is 11.3 Å². The zero-order valence-electron chi connectivity index (χ0n) is 12.4. The Bertz CT molecular complexity index is 776. The maximum Gasteiger partial charge on any atom is 0.199 e. The summed E-state index contributed by atoms with van der Waals surface area (Å²) in [7, 11) is 0. The van der Waals surface area contributed by atoms with E-state index in [0.29, 0.717) is 11.2 Å². The highest BCUT2D eigenvalue weighted by atomic mass is 32.1.